The SMILES string of the molecule is CC1(CNS(=O)(=O)c2cc(CN)ccc2Cl)CCC1. The van der Waals surface area contributed by atoms with Crippen molar-refractivity contribution in [2.45, 2.75) is 37.6 Å². The number of nitrogens with one attached hydrogen (secondary N) is 1. The molecular weight excluding hydrogens is 284 g/mol. The molecule has 0 atom stereocenters. The molecule has 0 aliphatic heterocycles. The number of hydrogen-bond acceptors (Lipinski definition) is 3. The highest BCUT2D eigenvalue weighted by atomic mass is 35.5. The van der Waals surface area contributed by atoms with E-state index in [4.69, 9.17) is 17.3 Å². The average Bonchev–Trinajstić information content (AvgIpc) is 2.34. The zero-order valence-corrected chi connectivity index (χ0v) is 12.5. The number of halogens is 1. The third-order valence-corrected chi connectivity index (χ3v) is 5.65. The highest BCUT2D eigenvalue weighted by molar-refractivity contribution is 7.89. The van der Waals surface area contributed by atoms with Crippen molar-refractivity contribution in [3.05, 3.63) is 28.8 Å². The third-order valence-electron chi connectivity index (χ3n) is 3.77. The van der Waals surface area contributed by atoms with Gasteiger partial charge >= 0.3 is 0 Å². The lowest BCUT2D eigenvalue weighted by molar-refractivity contribution is 0.166. The van der Waals surface area contributed by atoms with Crippen LogP contribution < -0.4 is 10.5 Å². The van der Waals surface area contributed by atoms with Crippen LogP contribution >= 0.6 is 11.6 Å². The molecule has 0 radical (unpaired) electrons. The fraction of sp³-hybridized carbons (Fsp3) is 0.538. The number of rotatable bonds is 5. The van der Waals surface area contributed by atoms with Crippen LogP contribution in [0.15, 0.2) is 23.1 Å². The van der Waals surface area contributed by atoms with Crippen LogP contribution in [0.3, 0.4) is 0 Å². The molecule has 0 amide bonds. The topological polar surface area (TPSA) is 72.2 Å². The average molecular weight is 303 g/mol. The largest absolute Gasteiger partial charge is 0.326 e. The first kappa shape index (κ1) is 14.8. The molecule has 0 saturated heterocycles. The molecular formula is C13H19ClN2O2S. The van der Waals surface area contributed by atoms with Gasteiger partial charge in [0.1, 0.15) is 4.90 Å². The Morgan fingerprint density at radius 1 is 1.42 bits per heavy atom. The summed E-state index contributed by atoms with van der Waals surface area (Å²) in [5.74, 6) is 0. The summed E-state index contributed by atoms with van der Waals surface area (Å²) < 4.78 is 27.2. The first-order valence-electron chi connectivity index (χ1n) is 6.34. The van der Waals surface area contributed by atoms with Crippen molar-refractivity contribution in [1.82, 2.24) is 4.72 Å². The standard InChI is InChI=1S/C13H19ClN2O2S/c1-13(5-2-6-13)9-16-19(17,18)12-7-10(8-15)3-4-11(12)14/h3-4,7,16H,2,5-6,8-9,15H2,1H3. The van der Waals surface area contributed by atoms with Gasteiger partial charge < -0.3 is 5.73 Å². The fourth-order valence-electron chi connectivity index (χ4n) is 2.18. The molecule has 1 saturated carbocycles. The number of hydrogen-bond donors (Lipinski definition) is 2. The summed E-state index contributed by atoms with van der Waals surface area (Å²) in [5.41, 5.74) is 6.37. The van der Waals surface area contributed by atoms with Gasteiger partial charge in [0.15, 0.2) is 0 Å². The predicted octanol–water partition coefficient (Wildman–Crippen LogP) is 2.27. The van der Waals surface area contributed by atoms with Gasteiger partial charge in [-0.15, -0.1) is 0 Å². The molecule has 2 rings (SSSR count). The molecule has 6 heteroatoms. The van der Waals surface area contributed by atoms with E-state index in [9.17, 15) is 8.42 Å². The normalized spacial score (nSPS) is 18.1. The molecule has 19 heavy (non-hydrogen) atoms. The van der Waals surface area contributed by atoms with Gasteiger partial charge in [-0.2, -0.15) is 0 Å². The van der Waals surface area contributed by atoms with Gasteiger partial charge in [0.2, 0.25) is 10.0 Å². The van der Waals surface area contributed by atoms with Gasteiger partial charge in [-0.1, -0.05) is 31.0 Å². The maximum atomic E-state index is 12.3. The van der Waals surface area contributed by atoms with Crippen molar-refractivity contribution in [3.8, 4) is 0 Å². The summed E-state index contributed by atoms with van der Waals surface area (Å²) in [6, 6.07) is 4.84. The molecule has 0 aromatic heterocycles. The second-order valence-electron chi connectivity index (χ2n) is 5.46. The van der Waals surface area contributed by atoms with E-state index in [0.29, 0.717) is 6.54 Å². The number of benzene rings is 1. The summed E-state index contributed by atoms with van der Waals surface area (Å²) in [5, 5.41) is 0.225. The van der Waals surface area contributed by atoms with Crippen molar-refractivity contribution in [3.63, 3.8) is 0 Å². The second kappa shape index (κ2) is 5.40. The van der Waals surface area contributed by atoms with Crippen LogP contribution in [0.5, 0.6) is 0 Å². The van der Waals surface area contributed by atoms with Crippen LogP contribution in [0.4, 0.5) is 0 Å². The maximum absolute atomic E-state index is 12.3. The van der Waals surface area contributed by atoms with Crippen molar-refractivity contribution in [2.75, 3.05) is 6.54 Å². The minimum absolute atomic E-state index is 0.0883. The Balaban J connectivity index is 2.18. The summed E-state index contributed by atoms with van der Waals surface area (Å²) in [6.45, 7) is 2.84. The molecule has 1 fully saturated rings. The fourth-order valence-corrected chi connectivity index (χ4v) is 3.93. The Morgan fingerprint density at radius 3 is 2.63 bits per heavy atom. The molecule has 3 N–H and O–H groups in total. The van der Waals surface area contributed by atoms with Crippen molar-refractivity contribution >= 4 is 21.6 Å². The van der Waals surface area contributed by atoms with Gasteiger partial charge in [-0.3, -0.25) is 0 Å². The van der Waals surface area contributed by atoms with Gasteiger partial charge in [-0.05, 0) is 36.0 Å². The third kappa shape index (κ3) is 3.28. The van der Waals surface area contributed by atoms with E-state index < -0.39 is 10.0 Å². The molecule has 106 valence electrons. The lowest BCUT2D eigenvalue weighted by Crippen LogP contribution is -2.40. The highest BCUT2D eigenvalue weighted by Gasteiger charge is 2.33. The molecule has 0 heterocycles. The van der Waals surface area contributed by atoms with E-state index >= 15 is 0 Å². The Labute approximate surface area is 119 Å². The van der Waals surface area contributed by atoms with Crippen LogP contribution in [0.25, 0.3) is 0 Å². The quantitative estimate of drug-likeness (QED) is 0.876. The van der Waals surface area contributed by atoms with E-state index in [2.05, 4.69) is 11.6 Å². The molecule has 1 aromatic rings. The van der Waals surface area contributed by atoms with E-state index in [-0.39, 0.29) is 21.9 Å². The van der Waals surface area contributed by atoms with Crippen molar-refractivity contribution in [1.29, 1.82) is 0 Å². The van der Waals surface area contributed by atoms with Gasteiger partial charge in [0.05, 0.1) is 5.02 Å². The molecule has 1 aliphatic rings. The molecule has 4 nitrogen and oxygen atoms in total. The number of nitrogens with two attached hydrogens (primary N) is 1. The van der Waals surface area contributed by atoms with Gasteiger partial charge in [-0.25, -0.2) is 13.1 Å². The maximum Gasteiger partial charge on any atom is 0.242 e. The van der Waals surface area contributed by atoms with Crippen LogP contribution in [-0.4, -0.2) is 15.0 Å². The van der Waals surface area contributed by atoms with Gasteiger partial charge in [0, 0.05) is 13.1 Å². The van der Waals surface area contributed by atoms with Crippen LogP contribution in [-0.2, 0) is 16.6 Å². The minimum Gasteiger partial charge on any atom is -0.326 e. The zero-order chi connectivity index (χ0) is 14.1. The second-order valence-corrected chi connectivity index (χ2v) is 7.60. The smallest absolute Gasteiger partial charge is 0.242 e. The molecule has 0 spiro atoms. The van der Waals surface area contributed by atoms with E-state index in [1.165, 1.54) is 12.5 Å². The highest BCUT2D eigenvalue weighted by Crippen LogP contribution is 2.39. The monoisotopic (exact) mass is 302 g/mol. The van der Waals surface area contributed by atoms with Crippen LogP contribution in [0, 0.1) is 5.41 Å². The Hall–Kier alpha value is -0.620. The molecule has 1 aliphatic carbocycles. The summed E-state index contributed by atoms with van der Waals surface area (Å²) in [4.78, 5) is 0.111. The minimum atomic E-state index is -3.57. The molecule has 0 bridgehead atoms. The molecule has 0 unspecified atom stereocenters. The summed E-state index contributed by atoms with van der Waals surface area (Å²) in [6.07, 6.45) is 3.29. The molecule has 1 aromatic carbocycles. The number of sulfonamides is 1. The first-order chi connectivity index (χ1) is 8.86. The Kier molecular flexibility index (Phi) is 4.20. The van der Waals surface area contributed by atoms with E-state index in [1.807, 2.05) is 0 Å². The lowest BCUT2D eigenvalue weighted by Gasteiger charge is -2.38. The van der Waals surface area contributed by atoms with E-state index in [0.717, 1.165) is 18.4 Å². The lowest BCUT2D eigenvalue weighted by atomic mass is 9.71. The summed E-state index contributed by atoms with van der Waals surface area (Å²) in [7, 11) is -3.57. The van der Waals surface area contributed by atoms with Gasteiger partial charge in [0.25, 0.3) is 0 Å². The predicted molar refractivity (Wildman–Crippen MR) is 76.5 cm³/mol. The van der Waals surface area contributed by atoms with Crippen LogP contribution in [0.1, 0.15) is 31.7 Å². The zero-order valence-electron chi connectivity index (χ0n) is 10.9. The van der Waals surface area contributed by atoms with Crippen LogP contribution in [0.2, 0.25) is 5.02 Å². The van der Waals surface area contributed by atoms with E-state index in [1.54, 1.807) is 12.1 Å². The van der Waals surface area contributed by atoms with Crippen molar-refractivity contribution in [2.24, 2.45) is 11.1 Å². The Morgan fingerprint density at radius 2 is 2.11 bits per heavy atom. The van der Waals surface area contributed by atoms with Crippen molar-refractivity contribution < 1.29 is 8.42 Å². The summed E-state index contributed by atoms with van der Waals surface area (Å²) >= 11 is 5.98. The first-order valence-corrected chi connectivity index (χ1v) is 8.21. The Bertz CT molecular complexity index is 568.